The Morgan fingerprint density at radius 1 is 1.16 bits per heavy atom. The van der Waals surface area contributed by atoms with E-state index in [9.17, 15) is 9.59 Å². The monoisotopic (exact) mass is 367 g/mol. The van der Waals surface area contributed by atoms with Crippen molar-refractivity contribution in [1.82, 2.24) is 14.5 Å². The van der Waals surface area contributed by atoms with E-state index in [-0.39, 0.29) is 17.1 Å². The number of thiophene rings is 1. The number of nitrogens with one attached hydrogen (secondary N) is 1. The number of nitrogens with zero attached hydrogens (tertiary/aromatic N) is 2. The van der Waals surface area contributed by atoms with Crippen LogP contribution in [0.4, 0.5) is 0 Å². The van der Waals surface area contributed by atoms with Crippen LogP contribution in [0.3, 0.4) is 0 Å². The predicted octanol–water partition coefficient (Wildman–Crippen LogP) is 3.75. The Morgan fingerprint density at radius 3 is 2.76 bits per heavy atom. The normalized spacial score (nSPS) is 11.0. The Balaban J connectivity index is 1.76. The zero-order valence-electron chi connectivity index (χ0n) is 13.0. The maximum atomic E-state index is 12.9. The standard InChI is InChI=1S/C18H13N3O2S2/c22-15(14-7-4-9-19-14)11-25-18-20-16-13(8-10-24-16)17(23)21(18)12-5-2-1-3-6-12/h1-10,19H,11H2. The van der Waals surface area contributed by atoms with Gasteiger partial charge in [0.15, 0.2) is 10.9 Å². The SMILES string of the molecule is O=C(CSc1nc2sccc2c(=O)n1-c1ccccc1)c1ccc[nH]1. The average Bonchev–Trinajstić information content (AvgIpc) is 3.32. The highest BCUT2D eigenvalue weighted by molar-refractivity contribution is 7.99. The number of aromatic nitrogens is 3. The number of thioether (sulfide) groups is 1. The number of carbonyl (C=O) groups excluding carboxylic acids is 1. The lowest BCUT2D eigenvalue weighted by atomic mass is 10.3. The number of hydrogen-bond acceptors (Lipinski definition) is 5. The summed E-state index contributed by atoms with van der Waals surface area (Å²) in [5.41, 5.74) is 1.17. The van der Waals surface area contributed by atoms with Crippen LogP contribution in [0.25, 0.3) is 15.9 Å². The molecule has 0 aliphatic heterocycles. The molecule has 0 atom stereocenters. The third kappa shape index (κ3) is 3.04. The molecule has 0 aliphatic rings. The zero-order chi connectivity index (χ0) is 17.2. The summed E-state index contributed by atoms with van der Waals surface area (Å²) < 4.78 is 1.57. The van der Waals surface area contributed by atoms with Gasteiger partial charge in [0.25, 0.3) is 5.56 Å². The van der Waals surface area contributed by atoms with E-state index in [2.05, 4.69) is 9.97 Å². The molecule has 0 saturated heterocycles. The van der Waals surface area contributed by atoms with Gasteiger partial charge in [-0.1, -0.05) is 30.0 Å². The van der Waals surface area contributed by atoms with Gasteiger partial charge < -0.3 is 4.98 Å². The van der Waals surface area contributed by atoms with Gasteiger partial charge >= 0.3 is 0 Å². The summed E-state index contributed by atoms with van der Waals surface area (Å²) in [5, 5.41) is 2.97. The minimum Gasteiger partial charge on any atom is -0.359 e. The Morgan fingerprint density at radius 2 is 2.00 bits per heavy atom. The molecule has 0 bridgehead atoms. The number of rotatable bonds is 5. The predicted molar refractivity (Wildman–Crippen MR) is 101 cm³/mol. The molecule has 4 aromatic rings. The van der Waals surface area contributed by atoms with E-state index in [1.807, 2.05) is 35.7 Å². The van der Waals surface area contributed by atoms with Gasteiger partial charge in [-0.3, -0.25) is 14.2 Å². The van der Waals surface area contributed by atoms with Gasteiger partial charge in [0, 0.05) is 6.20 Å². The van der Waals surface area contributed by atoms with Crippen molar-refractivity contribution in [2.24, 2.45) is 0 Å². The molecule has 7 heteroatoms. The molecule has 0 unspecified atom stereocenters. The lowest BCUT2D eigenvalue weighted by Crippen LogP contribution is -2.21. The third-order valence-electron chi connectivity index (χ3n) is 3.71. The molecular formula is C18H13N3O2S2. The summed E-state index contributed by atoms with van der Waals surface area (Å²) in [7, 11) is 0. The van der Waals surface area contributed by atoms with E-state index < -0.39 is 0 Å². The van der Waals surface area contributed by atoms with Gasteiger partial charge in [-0.2, -0.15) is 0 Å². The number of benzene rings is 1. The van der Waals surface area contributed by atoms with Crippen LogP contribution in [-0.4, -0.2) is 26.1 Å². The van der Waals surface area contributed by atoms with Gasteiger partial charge in [-0.15, -0.1) is 11.3 Å². The number of carbonyl (C=O) groups is 1. The van der Waals surface area contributed by atoms with E-state index in [0.717, 1.165) is 5.69 Å². The molecule has 0 fully saturated rings. The van der Waals surface area contributed by atoms with Crippen LogP contribution in [-0.2, 0) is 0 Å². The topological polar surface area (TPSA) is 67.8 Å². The minimum atomic E-state index is -0.118. The minimum absolute atomic E-state index is 0.0323. The number of Topliss-reactive ketones (excluding diaryl/α,β-unsaturated/α-hetero) is 1. The molecule has 1 N–H and O–H groups in total. The number of ketones is 1. The van der Waals surface area contributed by atoms with Crippen LogP contribution >= 0.6 is 23.1 Å². The van der Waals surface area contributed by atoms with Crippen molar-refractivity contribution in [1.29, 1.82) is 0 Å². The van der Waals surface area contributed by atoms with Gasteiger partial charge in [0.2, 0.25) is 0 Å². The van der Waals surface area contributed by atoms with Crippen LogP contribution in [0.15, 0.2) is 70.1 Å². The number of H-pyrrole nitrogens is 1. The molecule has 4 rings (SSSR count). The van der Waals surface area contributed by atoms with Crippen molar-refractivity contribution in [2.75, 3.05) is 5.75 Å². The molecule has 0 amide bonds. The van der Waals surface area contributed by atoms with Crippen LogP contribution in [0.1, 0.15) is 10.5 Å². The summed E-state index contributed by atoms with van der Waals surface area (Å²) in [6.45, 7) is 0. The summed E-state index contributed by atoms with van der Waals surface area (Å²) in [6.07, 6.45) is 1.72. The number of hydrogen-bond donors (Lipinski definition) is 1. The molecule has 0 spiro atoms. The Kier molecular flexibility index (Phi) is 4.25. The van der Waals surface area contributed by atoms with E-state index in [0.29, 0.717) is 21.1 Å². The quantitative estimate of drug-likeness (QED) is 0.331. The average molecular weight is 367 g/mol. The highest BCUT2D eigenvalue weighted by atomic mass is 32.2. The molecule has 25 heavy (non-hydrogen) atoms. The summed E-state index contributed by atoms with van der Waals surface area (Å²) in [4.78, 5) is 33.4. The summed E-state index contributed by atoms with van der Waals surface area (Å²) in [5.74, 6) is 0.173. The van der Waals surface area contributed by atoms with Crippen LogP contribution < -0.4 is 5.56 Å². The van der Waals surface area contributed by atoms with Gasteiger partial charge in [0.05, 0.1) is 22.5 Å². The molecule has 3 aromatic heterocycles. The first-order chi connectivity index (χ1) is 12.2. The Hall–Kier alpha value is -2.64. The first-order valence-corrected chi connectivity index (χ1v) is 9.45. The molecule has 124 valence electrons. The molecule has 0 saturated carbocycles. The first-order valence-electron chi connectivity index (χ1n) is 7.59. The lowest BCUT2D eigenvalue weighted by molar-refractivity contribution is 0.101. The number of fused-ring (bicyclic) bond motifs is 1. The van der Waals surface area contributed by atoms with Crippen LogP contribution in [0.5, 0.6) is 0 Å². The molecule has 0 radical (unpaired) electrons. The van der Waals surface area contributed by atoms with E-state index in [4.69, 9.17) is 0 Å². The fourth-order valence-corrected chi connectivity index (χ4v) is 4.21. The zero-order valence-corrected chi connectivity index (χ0v) is 14.6. The molecule has 0 aliphatic carbocycles. The molecule has 1 aromatic carbocycles. The van der Waals surface area contributed by atoms with Crippen molar-refractivity contribution in [3.63, 3.8) is 0 Å². The highest BCUT2D eigenvalue weighted by Crippen LogP contribution is 2.24. The second-order valence-electron chi connectivity index (χ2n) is 5.31. The third-order valence-corrected chi connectivity index (χ3v) is 5.46. The number of para-hydroxylation sites is 1. The summed E-state index contributed by atoms with van der Waals surface area (Å²) in [6, 6.07) is 14.7. The van der Waals surface area contributed by atoms with Crippen molar-refractivity contribution < 1.29 is 4.79 Å². The Labute approximate surface area is 151 Å². The molecule has 3 heterocycles. The largest absolute Gasteiger partial charge is 0.359 e. The first kappa shape index (κ1) is 15.9. The lowest BCUT2D eigenvalue weighted by Gasteiger charge is -2.11. The molecular weight excluding hydrogens is 354 g/mol. The molecule has 5 nitrogen and oxygen atoms in total. The second-order valence-corrected chi connectivity index (χ2v) is 7.14. The van der Waals surface area contributed by atoms with Crippen molar-refractivity contribution >= 4 is 39.1 Å². The Bertz CT molecular complexity index is 1080. The van der Waals surface area contributed by atoms with E-state index >= 15 is 0 Å². The van der Waals surface area contributed by atoms with Crippen molar-refractivity contribution in [3.8, 4) is 5.69 Å². The smallest absolute Gasteiger partial charge is 0.267 e. The van der Waals surface area contributed by atoms with Crippen LogP contribution in [0.2, 0.25) is 0 Å². The maximum absolute atomic E-state index is 12.9. The van der Waals surface area contributed by atoms with Gasteiger partial charge in [0.1, 0.15) is 4.83 Å². The second kappa shape index (κ2) is 6.70. The van der Waals surface area contributed by atoms with Gasteiger partial charge in [-0.05, 0) is 35.7 Å². The van der Waals surface area contributed by atoms with E-state index in [1.165, 1.54) is 23.1 Å². The van der Waals surface area contributed by atoms with Crippen LogP contribution in [0, 0.1) is 0 Å². The van der Waals surface area contributed by atoms with Crippen molar-refractivity contribution in [3.05, 3.63) is 76.2 Å². The van der Waals surface area contributed by atoms with Gasteiger partial charge in [-0.25, -0.2) is 4.98 Å². The fraction of sp³-hybridized carbons (Fsp3) is 0.0556. The van der Waals surface area contributed by atoms with Crippen molar-refractivity contribution in [2.45, 2.75) is 5.16 Å². The number of aromatic amines is 1. The highest BCUT2D eigenvalue weighted by Gasteiger charge is 2.16. The maximum Gasteiger partial charge on any atom is 0.267 e. The summed E-state index contributed by atoms with van der Waals surface area (Å²) >= 11 is 2.69. The van der Waals surface area contributed by atoms with E-state index in [1.54, 1.807) is 29.0 Å². The fourth-order valence-electron chi connectivity index (χ4n) is 2.51.